The first-order chi connectivity index (χ1) is 10.3. The molecule has 0 heterocycles. The second-order valence-corrected chi connectivity index (χ2v) is 6.00. The van der Waals surface area contributed by atoms with E-state index in [4.69, 9.17) is 6.42 Å². The van der Waals surface area contributed by atoms with Crippen molar-refractivity contribution in [1.29, 1.82) is 0 Å². The van der Waals surface area contributed by atoms with Crippen LogP contribution in [0.4, 0.5) is 13.2 Å². The summed E-state index contributed by atoms with van der Waals surface area (Å²) in [6, 6.07) is 9.60. The van der Waals surface area contributed by atoms with Crippen molar-refractivity contribution in [3.05, 3.63) is 42.0 Å². The normalized spacial score (nSPS) is 12.1. The van der Waals surface area contributed by atoms with Gasteiger partial charge in [0, 0.05) is 11.8 Å². The molecule has 0 unspecified atom stereocenters. The van der Waals surface area contributed by atoms with Gasteiger partial charge >= 0.3 is 15.6 Å². The van der Waals surface area contributed by atoms with Gasteiger partial charge in [0.2, 0.25) is 0 Å². The van der Waals surface area contributed by atoms with Crippen LogP contribution in [0.5, 0.6) is 5.75 Å². The summed E-state index contributed by atoms with van der Waals surface area (Å²) < 4.78 is 64.7. The summed E-state index contributed by atoms with van der Waals surface area (Å²) in [6.45, 7) is 0. The van der Waals surface area contributed by atoms with Crippen molar-refractivity contribution < 1.29 is 25.8 Å². The smallest absolute Gasteiger partial charge is 0.375 e. The van der Waals surface area contributed by atoms with Crippen molar-refractivity contribution in [3.63, 3.8) is 0 Å². The molecular weight excluding hydrogens is 317 g/mol. The minimum Gasteiger partial charge on any atom is -0.375 e. The fourth-order valence-corrected chi connectivity index (χ4v) is 2.46. The molecule has 0 N–H and O–H groups in total. The van der Waals surface area contributed by atoms with Crippen LogP contribution in [0.2, 0.25) is 0 Å². The lowest BCUT2D eigenvalue weighted by Gasteiger charge is -2.15. The van der Waals surface area contributed by atoms with Crippen LogP contribution in [-0.2, 0) is 16.5 Å². The summed E-state index contributed by atoms with van der Waals surface area (Å²) >= 11 is 0. The van der Waals surface area contributed by atoms with E-state index in [9.17, 15) is 21.6 Å². The van der Waals surface area contributed by atoms with Crippen LogP contribution in [0.3, 0.4) is 0 Å². The minimum absolute atomic E-state index is 0.212. The molecular formula is C15H11F3O3S. The fourth-order valence-electron chi connectivity index (χ4n) is 1.95. The zero-order chi connectivity index (χ0) is 16.4. The highest BCUT2D eigenvalue weighted by Crippen LogP contribution is 2.35. The molecule has 2 aromatic rings. The van der Waals surface area contributed by atoms with Crippen LogP contribution in [0.1, 0.15) is 12.0 Å². The molecule has 0 aliphatic rings. The Morgan fingerprint density at radius 2 is 1.82 bits per heavy atom. The van der Waals surface area contributed by atoms with Crippen LogP contribution >= 0.6 is 0 Å². The number of rotatable bonds is 4. The van der Waals surface area contributed by atoms with Gasteiger partial charge in [-0.05, 0) is 17.4 Å². The molecule has 0 saturated heterocycles. The standard InChI is InChI=1S/C15H11F3O3S/c1-2-3-6-12-10-9-11-7-4-5-8-13(11)14(12)21-22(19,20)15(16,17)18/h1,4-5,7-10H,3,6H2. The summed E-state index contributed by atoms with van der Waals surface area (Å²) in [5.74, 6) is 2.03. The predicted molar refractivity (Wildman–Crippen MR) is 76.7 cm³/mol. The van der Waals surface area contributed by atoms with Gasteiger partial charge in [0.25, 0.3) is 0 Å². The molecule has 0 aliphatic carbocycles. The fraction of sp³-hybridized carbons (Fsp3) is 0.200. The molecule has 0 bridgehead atoms. The third-order valence-corrected chi connectivity index (χ3v) is 3.93. The van der Waals surface area contributed by atoms with Crippen molar-refractivity contribution in [2.24, 2.45) is 0 Å². The molecule has 0 amide bonds. The highest BCUT2D eigenvalue weighted by atomic mass is 32.2. The van der Waals surface area contributed by atoms with E-state index in [-0.39, 0.29) is 24.0 Å². The molecule has 0 fully saturated rings. The molecule has 22 heavy (non-hydrogen) atoms. The zero-order valence-corrected chi connectivity index (χ0v) is 12.0. The first kappa shape index (κ1) is 16.2. The molecule has 2 aromatic carbocycles. The number of terminal acetylenes is 1. The van der Waals surface area contributed by atoms with Gasteiger partial charge in [-0.15, -0.1) is 12.3 Å². The first-order valence-electron chi connectivity index (χ1n) is 6.21. The Kier molecular flexibility index (Phi) is 4.33. The molecule has 0 spiro atoms. The largest absolute Gasteiger partial charge is 0.534 e. The summed E-state index contributed by atoms with van der Waals surface area (Å²) in [4.78, 5) is 0. The summed E-state index contributed by atoms with van der Waals surface area (Å²) in [6.07, 6.45) is 5.61. The Labute approximate surface area is 125 Å². The Hall–Kier alpha value is -2.20. The van der Waals surface area contributed by atoms with E-state index < -0.39 is 15.6 Å². The molecule has 0 radical (unpaired) electrons. The highest BCUT2D eigenvalue weighted by molar-refractivity contribution is 7.88. The number of fused-ring (bicyclic) bond motifs is 1. The van der Waals surface area contributed by atoms with E-state index in [1.165, 1.54) is 12.1 Å². The van der Waals surface area contributed by atoms with Gasteiger partial charge < -0.3 is 4.18 Å². The lowest BCUT2D eigenvalue weighted by Crippen LogP contribution is -2.28. The minimum atomic E-state index is -5.74. The van der Waals surface area contributed by atoms with E-state index >= 15 is 0 Å². The summed E-state index contributed by atoms with van der Waals surface area (Å²) in [5.41, 5.74) is -5.18. The molecule has 0 aliphatic heterocycles. The Morgan fingerprint density at radius 1 is 1.14 bits per heavy atom. The number of aryl methyl sites for hydroxylation is 1. The maximum absolute atomic E-state index is 12.6. The number of halogens is 3. The van der Waals surface area contributed by atoms with Crippen LogP contribution in [0.15, 0.2) is 36.4 Å². The zero-order valence-electron chi connectivity index (χ0n) is 11.2. The van der Waals surface area contributed by atoms with E-state index in [0.29, 0.717) is 10.9 Å². The maximum Gasteiger partial charge on any atom is 0.534 e. The van der Waals surface area contributed by atoms with Gasteiger partial charge in [0.05, 0.1) is 0 Å². The third kappa shape index (κ3) is 3.17. The quantitative estimate of drug-likeness (QED) is 0.489. The molecule has 7 heteroatoms. The second kappa shape index (κ2) is 5.89. The van der Waals surface area contributed by atoms with Crippen molar-refractivity contribution in [2.75, 3.05) is 0 Å². The van der Waals surface area contributed by atoms with Crippen LogP contribution in [0.25, 0.3) is 10.8 Å². The number of hydrogen-bond acceptors (Lipinski definition) is 3. The van der Waals surface area contributed by atoms with Gasteiger partial charge in [-0.25, -0.2) is 0 Å². The summed E-state index contributed by atoms with van der Waals surface area (Å²) in [7, 11) is -5.74. The molecule has 2 rings (SSSR count). The maximum atomic E-state index is 12.6. The van der Waals surface area contributed by atoms with Crippen LogP contribution < -0.4 is 4.18 Å². The topological polar surface area (TPSA) is 43.4 Å². The highest BCUT2D eigenvalue weighted by Gasteiger charge is 2.49. The third-order valence-electron chi connectivity index (χ3n) is 2.98. The van der Waals surface area contributed by atoms with E-state index in [1.807, 2.05) is 0 Å². The monoisotopic (exact) mass is 328 g/mol. The Morgan fingerprint density at radius 3 is 2.45 bits per heavy atom. The van der Waals surface area contributed by atoms with Gasteiger partial charge in [0.15, 0.2) is 5.75 Å². The van der Waals surface area contributed by atoms with Gasteiger partial charge in [-0.2, -0.15) is 21.6 Å². The molecule has 116 valence electrons. The van der Waals surface area contributed by atoms with Gasteiger partial charge in [-0.3, -0.25) is 0 Å². The van der Waals surface area contributed by atoms with Crippen molar-refractivity contribution in [1.82, 2.24) is 0 Å². The first-order valence-corrected chi connectivity index (χ1v) is 7.62. The molecule has 0 saturated carbocycles. The number of hydrogen-bond donors (Lipinski definition) is 0. The van der Waals surface area contributed by atoms with Crippen LogP contribution in [-0.4, -0.2) is 13.9 Å². The number of alkyl halides is 3. The average molecular weight is 328 g/mol. The SMILES string of the molecule is C#CCCc1ccc2ccccc2c1OS(=O)(=O)C(F)(F)F. The number of benzene rings is 2. The Balaban J connectivity index is 2.61. The Bertz CT molecular complexity index is 833. The average Bonchev–Trinajstić information content (AvgIpc) is 2.45. The molecule has 0 atom stereocenters. The second-order valence-electron chi connectivity index (χ2n) is 4.46. The van der Waals surface area contributed by atoms with Crippen molar-refractivity contribution >= 4 is 20.9 Å². The van der Waals surface area contributed by atoms with E-state index in [0.717, 1.165) is 0 Å². The predicted octanol–water partition coefficient (Wildman–Crippen LogP) is 3.63. The summed E-state index contributed by atoms with van der Waals surface area (Å²) in [5, 5.41) is 0.851. The lowest BCUT2D eigenvalue weighted by atomic mass is 10.0. The molecule has 3 nitrogen and oxygen atoms in total. The van der Waals surface area contributed by atoms with E-state index in [2.05, 4.69) is 10.1 Å². The van der Waals surface area contributed by atoms with Gasteiger partial charge in [0.1, 0.15) is 0 Å². The molecule has 0 aromatic heterocycles. The van der Waals surface area contributed by atoms with Crippen molar-refractivity contribution in [3.8, 4) is 18.1 Å². The van der Waals surface area contributed by atoms with Crippen LogP contribution in [0, 0.1) is 12.3 Å². The lowest BCUT2D eigenvalue weighted by molar-refractivity contribution is -0.0499. The van der Waals surface area contributed by atoms with Crippen molar-refractivity contribution in [2.45, 2.75) is 18.3 Å². The van der Waals surface area contributed by atoms with E-state index in [1.54, 1.807) is 24.3 Å². The van der Waals surface area contributed by atoms with Gasteiger partial charge in [-0.1, -0.05) is 36.4 Å².